The molecular formula is C26H20Cl2N2O3. The van der Waals surface area contributed by atoms with E-state index in [1.165, 1.54) is 0 Å². The summed E-state index contributed by atoms with van der Waals surface area (Å²) in [5.74, 6) is -1.05. The first-order valence-electron chi connectivity index (χ1n) is 10.2. The molecule has 1 N–H and O–H groups in total. The maximum absolute atomic E-state index is 13.0. The summed E-state index contributed by atoms with van der Waals surface area (Å²) in [6, 6.07) is 19.6. The van der Waals surface area contributed by atoms with Gasteiger partial charge in [0.1, 0.15) is 0 Å². The van der Waals surface area contributed by atoms with Crippen molar-refractivity contribution >= 4 is 51.7 Å². The summed E-state index contributed by atoms with van der Waals surface area (Å²) in [5, 5.41) is 4.29. The second-order valence-corrected chi connectivity index (χ2v) is 8.54. The average Bonchev–Trinajstić information content (AvgIpc) is 2.76. The Kier molecular flexibility index (Phi) is 6.63. The molecule has 0 fully saturated rings. The number of benzene rings is 3. The predicted molar refractivity (Wildman–Crippen MR) is 132 cm³/mol. The third-order valence-electron chi connectivity index (χ3n) is 4.98. The van der Waals surface area contributed by atoms with Crippen molar-refractivity contribution in [3.8, 4) is 11.3 Å². The molecular weight excluding hydrogens is 459 g/mol. The molecule has 7 heteroatoms. The van der Waals surface area contributed by atoms with Crippen molar-refractivity contribution in [1.82, 2.24) is 4.98 Å². The van der Waals surface area contributed by atoms with Crippen LogP contribution in [0.25, 0.3) is 22.2 Å². The van der Waals surface area contributed by atoms with E-state index in [1.54, 1.807) is 36.4 Å². The van der Waals surface area contributed by atoms with Gasteiger partial charge in [-0.25, -0.2) is 9.78 Å². The molecule has 4 rings (SSSR count). The zero-order chi connectivity index (χ0) is 23.5. The van der Waals surface area contributed by atoms with Gasteiger partial charge in [0.2, 0.25) is 0 Å². The molecule has 0 aliphatic rings. The van der Waals surface area contributed by atoms with E-state index in [4.69, 9.17) is 27.9 Å². The van der Waals surface area contributed by atoms with Crippen molar-refractivity contribution in [3.05, 3.63) is 93.5 Å². The van der Waals surface area contributed by atoms with E-state index in [2.05, 4.69) is 10.3 Å². The van der Waals surface area contributed by atoms with Crippen LogP contribution in [0.3, 0.4) is 0 Å². The highest BCUT2D eigenvalue weighted by atomic mass is 35.5. The Morgan fingerprint density at radius 2 is 1.67 bits per heavy atom. The number of pyridine rings is 1. The van der Waals surface area contributed by atoms with Gasteiger partial charge in [-0.15, -0.1) is 0 Å². The van der Waals surface area contributed by atoms with Crippen molar-refractivity contribution in [2.45, 2.75) is 13.8 Å². The van der Waals surface area contributed by atoms with Gasteiger partial charge in [-0.2, -0.15) is 0 Å². The van der Waals surface area contributed by atoms with Crippen LogP contribution < -0.4 is 5.32 Å². The summed E-state index contributed by atoms with van der Waals surface area (Å²) >= 11 is 12.4. The molecule has 0 saturated carbocycles. The summed E-state index contributed by atoms with van der Waals surface area (Å²) in [6.07, 6.45) is 0. The maximum Gasteiger partial charge on any atom is 0.339 e. The minimum atomic E-state index is -0.629. The number of amides is 1. The summed E-state index contributed by atoms with van der Waals surface area (Å²) in [7, 11) is 0. The highest BCUT2D eigenvalue weighted by Crippen LogP contribution is 2.32. The quantitative estimate of drug-likeness (QED) is 0.327. The molecule has 3 aromatic carbocycles. The van der Waals surface area contributed by atoms with Gasteiger partial charge in [0.05, 0.1) is 21.8 Å². The number of nitrogens with one attached hydrogen (secondary N) is 1. The summed E-state index contributed by atoms with van der Waals surface area (Å²) in [6.45, 7) is 3.48. The normalized spacial score (nSPS) is 10.8. The highest BCUT2D eigenvalue weighted by molar-refractivity contribution is 6.36. The van der Waals surface area contributed by atoms with Crippen LogP contribution in [0.1, 0.15) is 21.5 Å². The molecule has 1 heterocycles. The van der Waals surface area contributed by atoms with Crippen LogP contribution in [0.15, 0.2) is 66.7 Å². The molecule has 0 unspecified atom stereocenters. The predicted octanol–water partition coefficient (Wildman–Crippen LogP) is 6.62. The minimum absolute atomic E-state index is 0.292. The van der Waals surface area contributed by atoms with Gasteiger partial charge in [0.15, 0.2) is 6.61 Å². The summed E-state index contributed by atoms with van der Waals surface area (Å²) in [5.41, 5.74) is 4.74. The second-order valence-electron chi connectivity index (χ2n) is 7.70. The number of ether oxygens (including phenoxy) is 1. The molecule has 1 amide bonds. The zero-order valence-electron chi connectivity index (χ0n) is 18.0. The molecule has 0 atom stereocenters. The van der Waals surface area contributed by atoms with Gasteiger partial charge in [0.25, 0.3) is 5.91 Å². The van der Waals surface area contributed by atoms with Crippen molar-refractivity contribution < 1.29 is 14.3 Å². The van der Waals surface area contributed by atoms with Crippen LogP contribution in [0.4, 0.5) is 5.69 Å². The molecule has 0 aliphatic heterocycles. The number of para-hydroxylation sites is 1. The number of hydrogen-bond donors (Lipinski definition) is 1. The second kappa shape index (κ2) is 9.61. The van der Waals surface area contributed by atoms with Crippen molar-refractivity contribution in [2.24, 2.45) is 0 Å². The standard InChI is InChI=1S/C26H20Cl2N2O3/c1-15-9-16(2)11-18(10-15)29-25(31)14-33-26(32)21-13-24(20-8-7-17(27)12-22(20)28)30-23-6-4-3-5-19(21)23/h3-13H,14H2,1-2H3,(H,29,31). The van der Waals surface area contributed by atoms with E-state index >= 15 is 0 Å². The van der Waals surface area contributed by atoms with Gasteiger partial charge in [0, 0.05) is 21.7 Å². The summed E-state index contributed by atoms with van der Waals surface area (Å²) < 4.78 is 5.34. The molecule has 33 heavy (non-hydrogen) atoms. The van der Waals surface area contributed by atoms with Crippen LogP contribution in [-0.2, 0) is 9.53 Å². The number of esters is 1. The topological polar surface area (TPSA) is 68.3 Å². The number of carbonyl (C=O) groups is 2. The van der Waals surface area contributed by atoms with E-state index in [0.717, 1.165) is 11.1 Å². The van der Waals surface area contributed by atoms with E-state index in [1.807, 2.05) is 44.2 Å². The van der Waals surface area contributed by atoms with Crippen molar-refractivity contribution in [3.63, 3.8) is 0 Å². The molecule has 0 spiro atoms. The molecule has 0 saturated heterocycles. The maximum atomic E-state index is 13.0. The number of anilines is 1. The molecule has 4 aromatic rings. The Bertz CT molecular complexity index is 1370. The third-order valence-corrected chi connectivity index (χ3v) is 5.53. The first-order chi connectivity index (χ1) is 15.8. The first-order valence-corrected chi connectivity index (χ1v) is 11.0. The van der Waals surface area contributed by atoms with Crippen LogP contribution in [0.5, 0.6) is 0 Å². The molecule has 1 aromatic heterocycles. The lowest BCUT2D eigenvalue weighted by Crippen LogP contribution is -2.21. The number of rotatable bonds is 5. The lowest BCUT2D eigenvalue weighted by atomic mass is 10.0. The van der Waals surface area contributed by atoms with Crippen LogP contribution in [0.2, 0.25) is 10.0 Å². The highest BCUT2D eigenvalue weighted by Gasteiger charge is 2.18. The van der Waals surface area contributed by atoms with E-state index in [0.29, 0.717) is 43.5 Å². The van der Waals surface area contributed by atoms with Crippen molar-refractivity contribution in [1.29, 1.82) is 0 Å². The van der Waals surface area contributed by atoms with E-state index in [9.17, 15) is 9.59 Å². The minimum Gasteiger partial charge on any atom is -0.452 e. The fraction of sp³-hybridized carbons (Fsp3) is 0.115. The van der Waals surface area contributed by atoms with Gasteiger partial charge in [-0.3, -0.25) is 4.79 Å². The zero-order valence-corrected chi connectivity index (χ0v) is 19.5. The number of nitrogens with zero attached hydrogens (tertiary/aromatic N) is 1. The van der Waals surface area contributed by atoms with Crippen LogP contribution >= 0.6 is 23.2 Å². The lowest BCUT2D eigenvalue weighted by Gasteiger charge is -2.12. The molecule has 0 radical (unpaired) electrons. The summed E-state index contributed by atoms with van der Waals surface area (Å²) in [4.78, 5) is 30.0. The third kappa shape index (κ3) is 5.33. The molecule has 166 valence electrons. The van der Waals surface area contributed by atoms with Gasteiger partial charge < -0.3 is 10.1 Å². The number of aromatic nitrogens is 1. The fourth-order valence-corrected chi connectivity index (χ4v) is 4.14. The number of halogens is 2. The molecule has 0 aliphatic carbocycles. The first kappa shape index (κ1) is 22.8. The van der Waals surface area contributed by atoms with Gasteiger partial charge >= 0.3 is 5.97 Å². The number of carbonyl (C=O) groups excluding carboxylic acids is 2. The monoisotopic (exact) mass is 478 g/mol. The lowest BCUT2D eigenvalue weighted by molar-refractivity contribution is -0.119. The number of aryl methyl sites for hydroxylation is 2. The Balaban J connectivity index is 1.59. The van der Waals surface area contributed by atoms with Crippen LogP contribution in [0, 0.1) is 13.8 Å². The van der Waals surface area contributed by atoms with Gasteiger partial charge in [-0.05, 0) is 67.4 Å². The van der Waals surface area contributed by atoms with Crippen LogP contribution in [-0.4, -0.2) is 23.5 Å². The fourth-order valence-electron chi connectivity index (χ4n) is 3.63. The van der Waals surface area contributed by atoms with E-state index < -0.39 is 18.5 Å². The Hall–Kier alpha value is -3.41. The Morgan fingerprint density at radius 1 is 0.939 bits per heavy atom. The van der Waals surface area contributed by atoms with Gasteiger partial charge in [-0.1, -0.05) is 47.5 Å². The Morgan fingerprint density at radius 3 is 2.39 bits per heavy atom. The Labute approximate surface area is 201 Å². The SMILES string of the molecule is Cc1cc(C)cc(NC(=O)COC(=O)c2cc(-c3ccc(Cl)cc3Cl)nc3ccccc23)c1. The number of hydrogen-bond acceptors (Lipinski definition) is 4. The van der Waals surface area contributed by atoms with E-state index in [-0.39, 0.29) is 0 Å². The largest absolute Gasteiger partial charge is 0.452 e. The molecule has 0 bridgehead atoms. The van der Waals surface area contributed by atoms with Crippen molar-refractivity contribution in [2.75, 3.05) is 11.9 Å². The smallest absolute Gasteiger partial charge is 0.339 e. The average molecular weight is 479 g/mol. The number of fused-ring (bicyclic) bond motifs is 1. The molecule has 5 nitrogen and oxygen atoms in total.